The van der Waals surface area contributed by atoms with Crippen LogP contribution in [0.4, 0.5) is 11.8 Å². The summed E-state index contributed by atoms with van der Waals surface area (Å²) in [7, 11) is 1.94. The number of hydrogen-bond donors (Lipinski definition) is 1. The van der Waals surface area contributed by atoms with E-state index in [0.717, 1.165) is 17.9 Å². The molecule has 5 heterocycles. The minimum atomic E-state index is -0.0665. The molecule has 6 rings (SSSR count). The van der Waals surface area contributed by atoms with Crippen LogP contribution in [0.15, 0.2) is 36.7 Å². The molecule has 1 N–H and O–H groups in total. The van der Waals surface area contributed by atoms with Crippen LogP contribution in [0.3, 0.4) is 0 Å². The Morgan fingerprint density at radius 3 is 2.76 bits per heavy atom. The molecule has 1 unspecified atom stereocenters. The van der Waals surface area contributed by atoms with Crippen molar-refractivity contribution in [2.75, 3.05) is 18.5 Å². The van der Waals surface area contributed by atoms with Crippen LogP contribution in [0, 0.1) is 5.41 Å². The molecule has 2 fully saturated rings. The topological polar surface area (TPSA) is 109 Å². The number of carbonyl (C=O) groups is 1. The number of anilines is 2. The van der Waals surface area contributed by atoms with Gasteiger partial charge in [0.15, 0.2) is 11.5 Å². The van der Waals surface area contributed by atoms with E-state index in [1.165, 1.54) is 18.5 Å². The highest BCUT2D eigenvalue weighted by atomic mass is 16.5. The summed E-state index contributed by atoms with van der Waals surface area (Å²) in [6.45, 7) is 9.71. The van der Waals surface area contributed by atoms with Crippen molar-refractivity contribution in [1.82, 2.24) is 29.3 Å². The number of rotatable bonds is 7. The lowest BCUT2D eigenvalue weighted by atomic mass is 9.90. The molecule has 1 atom stereocenters. The maximum absolute atomic E-state index is 11.4. The summed E-state index contributed by atoms with van der Waals surface area (Å²) in [4.78, 5) is 24.9. The summed E-state index contributed by atoms with van der Waals surface area (Å²) in [6, 6.07) is 7.81. The summed E-state index contributed by atoms with van der Waals surface area (Å²) in [5.74, 6) is 2.62. The van der Waals surface area contributed by atoms with Crippen molar-refractivity contribution >= 4 is 28.7 Å². The number of fused-ring (bicyclic) bond motifs is 1. The molecule has 10 heteroatoms. The van der Waals surface area contributed by atoms with Gasteiger partial charge >= 0.3 is 0 Å². The van der Waals surface area contributed by atoms with Crippen LogP contribution in [0.1, 0.15) is 58.0 Å². The largest absolute Gasteiger partial charge is 0.456 e. The van der Waals surface area contributed by atoms with Gasteiger partial charge in [0, 0.05) is 54.4 Å². The maximum Gasteiger partial charge on any atom is 0.210 e. The van der Waals surface area contributed by atoms with Gasteiger partial charge in [-0.25, -0.2) is 4.98 Å². The Hall–Kier alpha value is -3.79. The predicted octanol–water partition coefficient (Wildman–Crippen LogP) is 4.88. The van der Waals surface area contributed by atoms with Gasteiger partial charge in [-0.2, -0.15) is 10.1 Å². The quantitative estimate of drug-likeness (QED) is 0.371. The average Bonchev–Trinajstić information content (AvgIpc) is 3.16. The summed E-state index contributed by atoms with van der Waals surface area (Å²) >= 11 is 0. The number of carbonyl (C=O) groups excluding carboxylic acids is 1. The van der Waals surface area contributed by atoms with E-state index < -0.39 is 0 Å². The zero-order chi connectivity index (χ0) is 26.7. The first-order chi connectivity index (χ1) is 18.1. The number of nitrogens with zero attached hydrogens (tertiary/aromatic N) is 6. The van der Waals surface area contributed by atoms with Crippen molar-refractivity contribution in [2.45, 2.75) is 58.4 Å². The van der Waals surface area contributed by atoms with Crippen molar-refractivity contribution in [3.05, 3.63) is 48.0 Å². The number of Topliss-reactive ketones (excluding diaryl/α,β-unsaturated/α-hetero) is 1. The van der Waals surface area contributed by atoms with Crippen molar-refractivity contribution in [1.29, 1.82) is 0 Å². The van der Waals surface area contributed by atoms with Crippen LogP contribution in [0.5, 0.6) is 11.5 Å². The Bertz CT molecular complexity index is 1530. The number of hydrogen-bond acceptors (Lipinski definition) is 8. The van der Waals surface area contributed by atoms with Gasteiger partial charge in [-0.3, -0.25) is 14.5 Å². The van der Waals surface area contributed by atoms with Gasteiger partial charge in [0.05, 0.1) is 36.7 Å². The Kier molecular flexibility index (Phi) is 5.75. The van der Waals surface area contributed by atoms with Gasteiger partial charge in [-0.1, -0.05) is 20.8 Å². The Morgan fingerprint density at radius 2 is 2.03 bits per heavy atom. The monoisotopic (exact) mass is 515 g/mol. The van der Waals surface area contributed by atoms with Crippen LogP contribution in [0.25, 0.3) is 11.2 Å². The number of pyridine rings is 2. The fraction of sp³-hybridized carbons (Fsp3) is 0.464. The first-order valence-corrected chi connectivity index (χ1v) is 13.0. The van der Waals surface area contributed by atoms with Gasteiger partial charge in [-0.15, -0.1) is 0 Å². The molecule has 0 amide bonds. The minimum Gasteiger partial charge on any atom is -0.456 e. The van der Waals surface area contributed by atoms with Crippen LogP contribution in [0.2, 0.25) is 0 Å². The number of imidazole rings is 1. The average molecular weight is 516 g/mol. The van der Waals surface area contributed by atoms with Crippen molar-refractivity contribution < 1.29 is 14.3 Å². The summed E-state index contributed by atoms with van der Waals surface area (Å²) in [5.41, 5.74) is 3.44. The zero-order valence-corrected chi connectivity index (χ0v) is 22.5. The third-order valence-corrected chi connectivity index (χ3v) is 7.47. The van der Waals surface area contributed by atoms with E-state index in [4.69, 9.17) is 19.6 Å². The molecule has 1 aliphatic carbocycles. The smallest absolute Gasteiger partial charge is 0.210 e. The molecule has 10 nitrogen and oxygen atoms in total. The lowest BCUT2D eigenvalue weighted by Gasteiger charge is -2.25. The minimum absolute atomic E-state index is 0.0516. The van der Waals surface area contributed by atoms with E-state index in [1.54, 1.807) is 31.5 Å². The Labute approximate surface area is 221 Å². The van der Waals surface area contributed by atoms with E-state index >= 15 is 0 Å². The molecule has 1 aliphatic heterocycles. The maximum atomic E-state index is 11.4. The van der Waals surface area contributed by atoms with Crippen LogP contribution in [-0.4, -0.2) is 48.3 Å². The highest BCUT2D eigenvalue weighted by Crippen LogP contribution is 2.58. The predicted molar refractivity (Wildman–Crippen MR) is 143 cm³/mol. The lowest BCUT2D eigenvalue weighted by Crippen LogP contribution is -2.26. The number of aromatic nitrogens is 6. The SMILES string of the molecule is CC(=O)Cc1cc(Oc2cnc3nc(Nc4cc(C(C)(C)C)n(C5COCC56CC6)n4)n(C)c3c2)ccn1. The Balaban J connectivity index is 1.27. The summed E-state index contributed by atoms with van der Waals surface area (Å²) < 4.78 is 16.0. The fourth-order valence-corrected chi connectivity index (χ4v) is 5.21. The first kappa shape index (κ1) is 24.5. The second-order valence-electron chi connectivity index (χ2n) is 11.6. The fourth-order valence-electron chi connectivity index (χ4n) is 5.21. The molecule has 2 aliphatic rings. The van der Waals surface area contributed by atoms with Gasteiger partial charge in [0.1, 0.15) is 17.3 Å². The lowest BCUT2D eigenvalue weighted by molar-refractivity contribution is -0.116. The molecule has 198 valence electrons. The molecule has 0 radical (unpaired) electrons. The molecule has 1 saturated heterocycles. The van der Waals surface area contributed by atoms with E-state index in [9.17, 15) is 4.79 Å². The van der Waals surface area contributed by atoms with E-state index in [0.29, 0.717) is 35.4 Å². The van der Waals surface area contributed by atoms with E-state index in [2.05, 4.69) is 46.8 Å². The number of ketones is 1. The summed E-state index contributed by atoms with van der Waals surface area (Å²) in [6.07, 6.45) is 5.95. The third-order valence-electron chi connectivity index (χ3n) is 7.47. The Morgan fingerprint density at radius 1 is 1.21 bits per heavy atom. The normalized spacial score (nSPS) is 18.3. The number of aryl methyl sites for hydroxylation is 1. The highest BCUT2D eigenvalue weighted by Gasteiger charge is 2.55. The number of ether oxygens (including phenoxy) is 2. The van der Waals surface area contributed by atoms with Crippen LogP contribution in [-0.2, 0) is 28.4 Å². The van der Waals surface area contributed by atoms with Crippen molar-refractivity contribution in [2.24, 2.45) is 12.5 Å². The molecule has 1 saturated carbocycles. The first-order valence-electron chi connectivity index (χ1n) is 13.0. The van der Waals surface area contributed by atoms with Crippen LogP contribution >= 0.6 is 0 Å². The molecule has 4 aromatic rings. The van der Waals surface area contributed by atoms with E-state index in [-0.39, 0.29) is 29.1 Å². The molecular weight excluding hydrogens is 482 g/mol. The third kappa shape index (κ3) is 4.53. The number of nitrogens with one attached hydrogen (secondary N) is 1. The highest BCUT2D eigenvalue weighted by molar-refractivity contribution is 5.78. The van der Waals surface area contributed by atoms with Gasteiger partial charge in [-0.05, 0) is 25.8 Å². The van der Waals surface area contributed by atoms with Crippen LogP contribution < -0.4 is 10.1 Å². The van der Waals surface area contributed by atoms with Gasteiger partial charge in [0.25, 0.3) is 0 Å². The molecule has 38 heavy (non-hydrogen) atoms. The second-order valence-corrected chi connectivity index (χ2v) is 11.6. The van der Waals surface area contributed by atoms with Crippen molar-refractivity contribution in [3.63, 3.8) is 0 Å². The molecule has 0 bridgehead atoms. The molecule has 1 spiro atoms. The van der Waals surface area contributed by atoms with Crippen molar-refractivity contribution in [3.8, 4) is 11.5 Å². The summed E-state index contributed by atoms with van der Waals surface area (Å²) in [5, 5.41) is 8.42. The van der Waals surface area contributed by atoms with E-state index in [1.807, 2.05) is 17.7 Å². The standard InChI is InChI=1S/C28H33N7O3/c1-17(36)10-18-11-19(6-9-29-18)38-20-12-21-25(30-14-20)32-26(34(21)5)31-24-13-22(27(2,3)4)35(33-24)23-15-37-16-28(23)7-8-28/h6,9,11-14,23H,7-8,10,15-16H2,1-5H3,(H,30,31,32,33). The molecular formula is C28H33N7O3. The zero-order valence-electron chi connectivity index (χ0n) is 22.5. The second kappa shape index (κ2) is 8.90. The van der Waals surface area contributed by atoms with Gasteiger partial charge < -0.3 is 19.4 Å². The molecule has 0 aromatic carbocycles. The van der Waals surface area contributed by atoms with Gasteiger partial charge in [0.2, 0.25) is 5.95 Å². The molecule has 4 aromatic heterocycles.